The Labute approximate surface area is 199 Å². The molecule has 1 N–H and O–H groups in total. The maximum absolute atomic E-state index is 13.2. The monoisotopic (exact) mass is 510 g/mol. The van der Waals surface area contributed by atoms with Gasteiger partial charge in [0, 0.05) is 22.2 Å². The number of thioether (sulfide) groups is 1. The Morgan fingerprint density at radius 3 is 2.47 bits per heavy atom. The number of halogens is 1. The van der Waals surface area contributed by atoms with Gasteiger partial charge in [0.15, 0.2) is 5.16 Å². The van der Waals surface area contributed by atoms with Crippen LogP contribution in [0.3, 0.4) is 0 Å². The number of nitrogens with one attached hydrogen (secondary N) is 1. The fourth-order valence-corrected chi connectivity index (χ4v) is 4.51. The molecule has 6 nitrogen and oxygen atoms in total. The van der Waals surface area contributed by atoms with Gasteiger partial charge < -0.3 is 4.98 Å². The largest absolute Gasteiger partial charge is 0.301 e. The molecule has 3 aromatic rings. The van der Waals surface area contributed by atoms with Crippen molar-refractivity contribution in [2.45, 2.75) is 38.4 Å². The number of carbonyl (C=O) groups is 1. The van der Waals surface area contributed by atoms with Crippen molar-refractivity contribution in [1.29, 1.82) is 0 Å². The highest BCUT2D eigenvalue weighted by molar-refractivity contribution is 9.10. The van der Waals surface area contributed by atoms with Crippen molar-refractivity contribution in [1.82, 2.24) is 15.0 Å². The highest BCUT2D eigenvalue weighted by atomic mass is 79.9. The summed E-state index contributed by atoms with van der Waals surface area (Å²) in [4.78, 5) is 32.4. The van der Waals surface area contributed by atoms with Crippen LogP contribution in [-0.2, 0) is 4.79 Å². The summed E-state index contributed by atoms with van der Waals surface area (Å²) in [5.41, 5.74) is 5.15. The van der Waals surface area contributed by atoms with E-state index in [-0.39, 0.29) is 23.3 Å². The normalized spacial score (nSPS) is 15.7. The molecule has 0 saturated heterocycles. The van der Waals surface area contributed by atoms with E-state index in [1.54, 1.807) is 18.9 Å². The van der Waals surface area contributed by atoms with Crippen LogP contribution >= 0.6 is 27.7 Å². The molecule has 164 valence electrons. The van der Waals surface area contributed by atoms with Crippen molar-refractivity contribution in [2.24, 2.45) is 5.10 Å². The van der Waals surface area contributed by atoms with Crippen molar-refractivity contribution in [3.05, 3.63) is 91.3 Å². The first-order valence-electron chi connectivity index (χ1n) is 10.2. The zero-order chi connectivity index (χ0) is 22.8. The third-order valence-corrected chi connectivity index (χ3v) is 6.90. The summed E-state index contributed by atoms with van der Waals surface area (Å²) in [5, 5.41) is 6.73. The van der Waals surface area contributed by atoms with Gasteiger partial charge in [0.05, 0.1) is 17.5 Å². The van der Waals surface area contributed by atoms with Crippen molar-refractivity contribution in [3.63, 3.8) is 0 Å². The first kappa shape index (κ1) is 22.5. The van der Waals surface area contributed by atoms with Crippen LogP contribution < -0.4 is 5.56 Å². The Balaban J connectivity index is 1.59. The molecule has 0 spiro atoms. The lowest BCUT2D eigenvalue weighted by molar-refractivity contribution is -0.130. The Kier molecular flexibility index (Phi) is 6.62. The SMILES string of the molecule is Cc1ccc(C2CC(c3ccc(Br)cc3)=NN2C(=O)CSc2nc(C)c(C)c(=O)[nH]2)cc1. The summed E-state index contributed by atoms with van der Waals surface area (Å²) in [6.45, 7) is 5.56. The molecule has 0 bridgehead atoms. The maximum atomic E-state index is 13.2. The second-order valence-electron chi connectivity index (χ2n) is 7.79. The Morgan fingerprint density at radius 1 is 1.12 bits per heavy atom. The lowest BCUT2D eigenvalue weighted by atomic mass is 9.98. The number of aromatic amines is 1. The van der Waals surface area contributed by atoms with Crippen LogP contribution in [0.4, 0.5) is 0 Å². The lowest BCUT2D eigenvalue weighted by Gasteiger charge is -2.22. The number of amides is 1. The second-order valence-corrected chi connectivity index (χ2v) is 9.67. The van der Waals surface area contributed by atoms with Crippen molar-refractivity contribution >= 4 is 39.3 Å². The number of nitrogens with zero attached hydrogens (tertiary/aromatic N) is 3. The van der Waals surface area contributed by atoms with Crippen LogP contribution in [0.2, 0.25) is 0 Å². The third kappa shape index (κ3) is 4.86. The predicted molar refractivity (Wildman–Crippen MR) is 131 cm³/mol. The molecule has 8 heteroatoms. The number of H-pyrrole nitrogens is 1. The highest BCUT2D eigenvalue weighted by Crippen LogP contribution is 2.34. The molecule has 1 unspecified atom stereocenters. The van der Waals surface area contributed by atoms with Crippen LogP contribution in [0.5, 0.6) is 0 Å². The van der Waals surface area contributed by atoms with E-state index in [1.807, 2.05) is 43.3 Å². The topological polar surface area (TPSA) is 78.4 Å². The molecule has 0 fully saturated rings. The van der Waals surface area contributed by atoms with Gasteiger partial charge in [-0.15, -0.1) is 0 Å². The van der Waals surface area contributed by atoms with Gasteiger partial charge in [0.2, 0.25) is 0 Å². The zero-order valence-corrected chi connectivity index (χ0v) is 20.5. The van der Waals surface area contributed by atoms with Crippen LogP contribution in [0.1, 0.15) is 40.4 Å². The number of aromatic nitrogens is 2. The van der Waals surface area contributed by atoms with Gasteiger partial charge in [-0.2, -0.15) is 5.10 Å². The third-order valence-electron chi connectivity index (χ3n) is 5.51. The molecular weight excluding hydrogens is 488 g/mol. The minimum atomic E-state index is -0.179. The maximum Gasteiger partial charge on any atom is 0.254 e. The molecular formula is C24H23BrN4O2S. The molecule has 1 aliphatic heterocycles. The average Bonchev–Trinajstić information content (AvgIpc) is 3.22. The van der Waals surface area contributed by atoms with Crippen molar-refractivity contribution < 1.29 is 4.79 Å². The van der Waals surface area contributed by atoms with E-state index < -0.39 is 0 Å². The number of hydrazone groups is 1. The Morgan fingerprint density at radius 2 is 1.81 bits per heavy atom. The van der Waals surface area contributed by atoms with Crippen LogP contribution in [0.25, 0.3) is 0 Å². The van der Waals surface area contributed by atoms with E-state index in [1.165, 1.54) is 17.3 Å². The molecule has 1 aliphatic rings. The molecule has 32 heavy (non-hydrogen) atoms. The van der Waals surface area contributed by atoms with Gasteiger partial charge in [-0.1, -0.05) is 69.7 Å². The molecule has 0 radical (unpaired) electrons. The van der Waals surface area contributed by atoms with Gasteiger partial charge in [-0.25, -0.2) is 9.99 Å². The van der Waals surface area contributed by atoms with E-state index in [0.29, 0.717) is 22.8 Å². The number of rotatable bonds is 5. The zero-order valence-electron chi connectivity index (χ0n) is 18.1. The standard InChI is InChI=1S/C24H23BrN4O2S/c1-14-4-6-18(7-5-14)21-12-20(17-8-10-19(25)11-9-17)28-29(21)22(30)13-32-24-26-16(3)15(2)23(31)27-24/h4-11,21H,12-13H2,1-3H3,(H,26,27,31). The number of aryl methyl sites for hydroxylation is 2. The van der Waals surface area contributed by atoms with Crippen molar-refractivity contribution in [3.8, 4) is 0 Å². The second kappa shape index (κ2) is 9.42. The molecule has 1 aromatic heterocycles. The van der Waals surface area contributed by atoms with Gasteiger partial charge in [0.25, 0.3) is 11.5 Å². The van der Waals surface area contributed by atoms with Gasteiger partial charge in [0.1, 0.15) is 0 Å². The fourth-order valence-electron chi connectivity index (χ4n) is 3.49. The predicted octanol–water partition coefficient (Wildman–Crippen LogP) is 4.93. The van der Waals surface area contributed by atoms with E-state index >= 15 is 0 Å². The summed E-state index contributed by atoms with van der Waals surface area (Å²) in [5.74, 6) is -0.00108. The average molecular weight is 511 g/mol. The molecule has 2 heterocycles. The van der Waals surface area contributed by atoms with E-state index in [4.69, 9.17) is 5.10 Å². The van der Waals surface area contributed by atoms with Crippen LogP contribution in [0, 0.1) is 20.8 Å². The Bertz CT molecular complexity index is 1240. The lowest BCUT2D eigenvalue weighted by Crippen LogP contribution is -2.28. The van der Waals surface area contributed by atoms with Crippen molar-refractivity contribution in [2.75, 3.05) is 5.75 Å². The van der Waals surface area contributed by atoms with Crippen LogP contribution in [0.15, 0.2) is 68.1 Å². The first-order chi connectivity index (χ1) is 15.3. The van der Waals surface area contributed by atoms with Gasteiger partial charge >= 0.3 is 0 Å². The number of hydrogen-bond donors (Lipinski definition) is 1. The van der Waals surface area contributed by atoms with E-state index in [9.17, 15) is 9.59 Å². The smallest absolute Gasteiger partial charge is 0.254 e. The summed E-state index contributed by atoms with van der Waals surface area (Å²) < 4.78 is 0.995. The quantitative estimate of drug-likeness (QED) is 0.389. The number of carbonyl (C=O) groups excluding carboxylic acids is 1. The highest BCUT2D eigenvalue weighted by Gasteiger charge is 2.33. The van der Waals surface area contributed by atoms with Gasteiger partial charge in [-0.05, 0) is 44.0 Å². The molecule has 1 atom stereocenters. The minimum Gasteiger partial charge on any atom is -0.301 e. The van der Waals surface area contributed by atoms with E-state index in [0.717, 1.165) is 21.3 Å². The fraction of sp³-hybridized carbons (Fsp3) is 0.250. The Hall–Kier alpha value is -2.71. The summed E-state index contributed by atoms with van der Waals surface area (Å²) in [7, 11) is 0. The number of benzene rings is 2. The molecule has 4 rings (SSSR count). The van der Waals surface area contributed by atoms with Crippen LogP contribution in [-0.4, -0.2) is 32.3 Å². The summed E-state index contributed by atoms with van der Waals surface area (Å²) in [6.07, 6.45) is 0.639. The molecule has 2 aromatic carbocycles. The molecule has 1 amide bonds. The van der Waals surface area contributed by atoms with E-state index in [2.05, 4.69) is 38.0 Å². The summed E-state index contributed by atoms with van der Waals surface area (Å²) in [6, 6.07) is 16.0. The minimum absolute atomic E-state index is 0.130. The first-order valence-corrected chi connectivity index (χ1v) is 12.0. The number of hydrogen-bond acceptors (Lipinski definition) is 5. The summed E-state index contributed by atoms with van der Waals surface area (Å²) >= 11 is 4.68. The van der Waals surface area contributed by atoms with Gasteiger partial charge in [-0.3, -0.25) is 9.59 Å². The molecule has 0 aliphatic carbocycles. The molecule has 0 saturated carbocycles.